The van der Waals surface area contributed by atoms with Crippen molar-refractivity contribution in [2.24, 2.45) is 0 Å². The molecule has 0 aliphatic rings. The summed E-state index contributed by atoms with van der Waals surface area (Å²) in [5.74, 6) is 0.519. The predicted octanol–water partition coefficient (Wildman–Crippen LogP) is 4.91. The molecular formula is C18H14F2O3. The van der Waals surface area contributed by atoms with E-state index in [2.05, 4.69) is 0 Å². The maximum absolute atomic E-state index is 14.1. The van der Waals surface area contributed by atoms with Gasteiger partial charge in [0.15, 0.2) is 0 Å². The van der Waals surface area contributed by atoms with E-state index in [1.165, 1.54) is 26.4 Å². The standard InChI is InChI=1S/C18H14F2O3/c1-21-11-3-5-13(15(19)9-11)17-7-8-18(23-17)14-6-4-12(22-2)10-16(14)20/h3-10H,1-2H3. The van der Waals surface area contributed by atoms with Gasteiger partial charge in [-0.1, -0.05) is 0 Å². The number of furan rings is 1. The van der Waals surface area contributed by atoms with Crippen LogP contribution in [0.2, 0.25) is 0 Å². The van der Waals surface area contributed by atoms with Gasteiger partial charge < -0.3 is 13.9 Å². The molecule has 23 heavy (non-hydrogen) atoms. The van der Waals surface area contributed by atoms with E-state index in [4.69, 9.17) is 13.9 Å². The van der Waals surface area contributed by atoms with Gasteiger partial charge in [-0.2, -0.15) is 0 Å². The Kier molecular flexibility index (Phi) is 4.02. The van der Waals surface area contributed by atoms with Crippen molar-refractivity contribution in [1.82, 2.24) is 0 Å². The molecule has 0 spiro atoms. The normalized spacial score (nSPS) is 10.6. The van der Waals surface area contributed by atoms with Gasteiger partial charge in [0.2, 0.25) is 0 Å². The molecule has 0 radical (unpaired) electrons. The van der Waals surface area contributed by atoms with Crippen LogP contribution in [0.4, 0.5) is 8.78 Å². The van der Waals surface area contributed by atoms with Crippen molar-refractivity contribution in [2.45, 2.75) is 0 Å². The van der Waals surface area contributed by atoms with Crippen LogP contribution in [-0.2, 0) is 0 Å². The van der Waals surface area contributed by atoms with Crippen molar-refractivity contribution in [1.29, 1.82) is 0 Å². The third-order valence-electron chi connectivity index (χ3n) is 3.49. The number of hydrogen-bond acceptors (Lipinski definition) is 3. The topological polar surface area (TPSA) is 31.6 Å². The minimum absolute atomic E-state index is 0.283. The quantitative estimate of drug-likeness (QED) is 0.685. The van der Waals surface area contributed by atoms with Crippen LogP contribution >= 0.6 is 0 Å². The van der Waals surface area contributed by atoms with Gasteiger partial charge in [-0.05, 0) is 36.4 Å². The largest absolute Gasteiger partial charge is 0.497 e. The van der Waals surface area contributed by atoms with E-state index < -0.39 is 11.6 Å². The van der Waals surface area contributed by atoms with Crippen LogP contribution in [0, 0.1) is 11.6 Å². The number of hydrogen-bond donors (Lipinski definition) is 0. The Morgan fingerprint density at radius 2 is 1.13 bits per heavy atom. The first-order valence-electron chi connectivity index (χ1n) is 6.90. The minimum Gasteiger partial charge on any atom is -0.497 e. The second-order valence-corrected chi connectivity index (χ2v) is 4.86. The van der Waals surface area contributed by atoms with Crippen molar-refractivity contribution >= 4 is 0 Å². The Hall–Kier alpha value is -2.82. The molecule has 1 aromatic heterocycles. The van der Waals surface area contributed by atoms with E-state index in [1.54, 1.807) is 36.4 Å². The Balaban J connectivity index is 1.97. The molecule has 0 N–H and O–H groups in total. The lowest BCUT2D eigenvalue weighted by Gasteiger charge is -2.04. The average Bonchev–Trinajstić information content (AvgIpc) is 3.03. The third kappa shape index (κ3) is 2.90. The highest BCUT2D eigenvalue weighted by Gasteiger charge is 2.14. The summed E-state index contributed by atoms with van der Waals surface area (Å²) in [6.45, 7) is 0. The highest BCUT2D eigenvalue weighted by atomic mass is 19.1. The van der Waals surface area contributed by atoms with Crippen LogP contribution in [0.25, 0.3) is 22.6 Å². The summed E-state index contributed by atoms with van der Waals surface area (Å²) < 4.78 is 43.7. The summed E-state index contributed by atoms with van der Waals surface area (Å²) in [4.78, 5) is 0. The van der Waals surface area contributed by atoms with Crippen LogP contribution in [0.5, 0.6) is 11.5 Å². The Bertz CT molecular complexity index is 772. The molecule has 0 fully saturated rings. The van der Waals surface area contributed by atoms with Crippen molar-refractivity contribution in [3.05, 3.63) is 60.2 Å². The monoisotopic (exact) mass is 316 g/mol. The maximum Gasteiger partial charge on any atom is 0.137 e. The van der Waals surface area contributed by atoms with Crippen LogP contribution in [-0.4, -0.2) is 14.2 Å². The van der Waals surface area contributed by atoms with Gasteiger partial charge in [-0.15, -0.1) is 0 Å². The van der Waals surface area contributed by atoms with Crippen LogP contribution in [0.3, 0.4) is 0 Å². The average molecular weight is 316 g/mol. The van der Waals surface area contributed by atoms with Gasteiger partial charge in [0.05, 0.1) is 25.3 Å². The van der Waals surface area contributed by atoms with E-state index >= 15 is 0 Å². The lowest BCUT2D eigenvalue weighted by molar-refractivity contribution is 0.411. The zero-order valence-electron chi connectivity index (χ0n) is 12.6. The molecule has 0 aliphatic carbocycles. The number of methoxy groups -OCH3 is 2. The molecule has 0 saturated heterocycles. The highest BCUT2D eigenvalue weighted by molar-refractivity contribution is 5.66. The van der Waals surface area contributed by atoms with Crippen molar-refractivity contribution in [3.63, 3.8) is 0 Å². The molecule has 3 nitrogen and oxygen atoms in total. The van der Waals surface area contributed by atoms with Gasteiger partial charge >= 0.3 is 0 Å². The molecule has 0 amide bonds. The fourth-order valence-corrected chi connectivity index (χ4v) is 2.27. The molecule has 118 valence electrons. The van der Waals surface area contributed by atoms with Crippen LogP contribution in [0.1, 0.15) is 0 Å². The zero-order valence-corrected chi connectivity index (χ0v) is 12.6. The molecule has 0 unspecified atom stereocenters. The fourth-order valence-electron chi connectivity index (χ4n) is 2.27. The third-order valence-corrected chi connectivity index (χ3v) is 3.49. The summed E-state index contributed by atoms with van der Waals surface area (Å²) >= 11 is 0. The van der Waals surface area contributed by atoms with Gasteiger partial charge in [0.1, 0.15) is 34.7 Å². The van der Waals surface area contributed by atoms with Gasteiger partial charge in [0.25, 0.3) is 0 Å². The minimum atomic E-state index is -0.472. The second-order valence-electron chi connectivity index (χ2n) is 4.86. The smallest absolute Gasteiger partial charge is 0.137 e. The van der Waals surface area contributed by atoms with Crippen molar-refractivity contribution in [2.75, 3.05) is 14.2 Å². The lowest BCUT2D eigenvalue weighted by Crippen LogP contribution is -1.87. The fraction of sp³-hybridized carbons (Fsp3) is 0.111. The lowest BCUT2D eigenvalue weighted by atomic mass is 10.1. The highest BCUT2D eigenvalue weighted by Crippen LogP contribution is 2.33. The van der Waals surface area contributed by atoms with E-state index in [-0.39, 0.29) is 11.1 Å². The summed E-state index contributed by atoms with van der Waals surface area (Å²) in [7, 11) is 2.93. The van der Waals surface area contributed by atoms with E-state index in [0.717, 1.165) is 0 Å². The van der Waals surface area contributed by atoms with E-state index in [1.807, 2.05) is 0 Å². The van der Waals surface area contributed by atoms with Gasteiger partial charge in [-0.25, -0.2) is 8.78 Å². The Morgan fingerprint density at radius 3 is 1.48 bits per heavy atom. The number of halogens is 2. The molecule has 0 atom stereocenters. The van der Waals surface area contributed by atoms with E-state index in [0.29, 0.717) is 23.0 Å². The summed E-state index contributed by atoms with van der Waals surface area (Å²) in [6.07, 6.45) is 0. The maximum atomic E-state index is 14.1. The van der Waals surface area contributed by atoms with Gasteiger partial charge in [-0.3, -0.25) is 0 Å². The molecule has 0 saturated carbocycles. The molecule has 5 heteroatoms. The molecule has 0 aliphatic heterocycles. The predicted molar refractivity (Wildman–Crippen MR) is 82.6 cm³/mol. The Morgan fingerprint density at radius 1 is 0.696 bits per heavy atom. The van der Waals surface area contributed by atoms with Crippen LogP contribution < -0.4 is 9.47 Å². The first kappa shape index (κ1) is 15.1. The summed E-state index contributed by atoms with van der Waals surface area (Å²) in [5, 5.41) is 0. The molecule has 0 bridgehead atoms. The Labute approximate surface area is 132 Å². The van der Waals surface area contributed by atoms with Crippen molar-refractivity contribution < 1.29 is 22.7 Å². The molecule has 3 aromatic rings. The number of benzene rings is 2. The van der Waals surface area contributed by atoms with Gasteiger partial charge in [0, 0.05) is 12.1 Å². The first-order chi connectivity index (χ1) is 11.1. The summed E-state index contributed by atoms with van der Waals surface area (Å²) in [5.41, 5.74) is 0.567. The number of rotatable bonds is 4. The molecule has 1 heterocycles. The van der Waals surface area contributed by atoms with Crippen LogP contribution in [0.15, 0.2) is 52.9 Å². The van der Waals surface area contributed by atoms with E-state index in [9.17, 15) is 8.78 Å². The molecule has 3 rings (SSSR count). The zero-order chi connectivity index (χ0) is 16.4. The molecule has 2 aromatic carbocycles. The molecular weight excluding hydrogens is 302 g/mol. The number of ether oxygens (including phenoxy) is 2. The SMILES string of the molecule is COc1ccc(-c2ccc(-c3ccc(OC)cc3F)o2)c(F)c1. The summed E-state index contributed by atoms with van der Waals surface area (Å²) in [6, 6.07) is 12.1. The van der Waals surface area contributed by atoms with Crippen molar-refractivity contribution in [3.8, 4) is 34.1 Å². The first-order valence-corrected chi connectivity index (χ1v) is 6.90. The second kappa shape index (κ2) is 6.12.